The van der Waals surface area contributed by atoms with Gasteiger partial charge in [-0.05, 0) is 35.4 Å². The molecular formula is C8H14IN3. The topological polar surface area (TPSA) is 43.8 Å². The zero-order valence-corrected chi connectivity index (χ0v) is 9.74. The molecule has 3 nitrogen and oxygen atoms in total. The Kier molecular flexibility index (Phi) is 2.98. The van der Waals surface area contributed by atoms with Crippen LogP contribution in [-0.2, 0) is 0 Å². The lowest BCUT2D eigenvalue weighted by molar-refractivity contribution is 0.380. The van der Waals surface area contributed by atoms with Crippen molar-refractivity contribution in [1.29, 1.82) is 0 Å². The highest BCUT2D eigenvalue weighted by atomic mass is 127. The minimum atomic E-state index is 0.369. The molecule has 0 fully saturated rings. The molecule has 0 aliphatic heterocycles. The Morgan fingerprint density at radius 1 is 1.50 bits per heavy atom. The van der Waals surface area contributed by atoms with E-state index in [9.17, 15) is 0 Å². The Bertz CT molecular complexity index is 267. The summed E-state index contributed by atoms with van der Waals surface area (Å²) in [6.07, 6.45) is 1.80. The Balaban J connectivity index is 2.95. The third-order valence-corrected chi connectivity index (χ3v) is 2.97. The van der Waals surface area contributed by atoms with Crippen molar-refractivity contribution in [3.8, 4) is 0 Å². The molecule has 0 aliphatic carbocycles. The molecule has 1 rings (SSSR count). The summed E-state index contributed by atoms with van der Waals surface area (Å²) in [6.45, 7) is 6.46. The quantitative estimate of drug-likeness (QED) is 0.844. The van der Waals surface area contributed by atoms with Crippen LogP contribution in [0.3, 0.4) is 0 Å². The fourth-order valence-electron chi connectivity index (χ4n) is 0.958. The van der Waals surface area contributed by atoms with Gasteiger partial charge in [-0.1, -0.05) is 13.8 Å². The average Bonchev–Trinajstić information content (AvgIpc) is 2.32. The van der Waals surface area contributed by atoms with Gasteiger partial charge in [0, 0.05) is 0 Å². The smallest absolute Gasteiger partial charge is 0.135 e. The summed E-state index contributed by atoms with van der Waals surface area (Å²) in [5.74, 6) is 1.33. The first-order valence-corrected chi connectivity index (χ1v) is 5.10. The number of nitrogens with two attached hydrogens (primary N) is 1. The van der Waals surface area contributed by atoms with E-state index in [1.54, 1.807) is 6.20 Å². The highest BCUT2D eigenvalue weighted by Gasteiger charge is 2.14. The molecule has 0 radical (unpaired) electrons. The van der Waals surface area contributed by atoms with E-state index in [0.29, 0.717) is 12.0 Å². The second kappa shape index (κ2) is 3.64. The summed E-state index contributed by atoms with van der Waals surface area (Å²) in [5, 5.41) is 4.22. The van der Waals surface area contributed by atoms with E-state index in [4.69, 9.17) is 5.73 Å². The van der Waals surface area contributed by atoms with E-state index >= 15 is 0 Å². The van der Waals surface area contributed by atoms with E-state index in [2.05, 4.69) is 48.5 Å². The van der Waals surface area contributed by atoms with E-state index in [1.807, 2.05) is 4.68 Å². The zero-order valence-electron chi connectivity index (χ0n) is 7.58. The van der Waals surface area contributed by atoms with Crippen molar-refractivity contribution in [1.82, 2.24) is 9.78 Å². The van der Waals surface area contributed by atoms with E-state index < -0.39 is 0 Å². The van der Waals surface area contributed by atoms with Crippen LogP contribution in [0.15, 0.2) is 6.20 Å². The summed E-state index contributed by atoms with van der Waals surface area (Å²) < 4.78 is 2.91. The van der Waals surface area contributed by atoms with Gasteiger partial charge in [0.15, 0.2) is 0 Å². The molecule has 1 aromatic rings. The van der Waals surface area contributed by atoms with Crippen LogP contribution >= 0.6 is 22.6 Å². The molecule has 0 spiro atoms. The fourth-order valence-corrected chi connectivity index (χ4v) is 1.33. The maximum absolute atomic E-state index is 5.83. The molecule has 1 heterocycles. The van der Waals surface area contributed by atoms with Gasteiger partial charge >= 0.3 is 0 Å². The van der Waals surface area contributed by atoms with Crippen molar-refractivity contribution in [2.45, 2.75) is 26.8 Å². The number of nitrogen functional groups attached to an aromatic ring is 1. The zero-order chi connectivity index (χ0) is 9.30. The largest absolute Gasteiger partial charge is 0.383 e. The summed E-state index contributed by atoms with van der Waals surface area (Å²) >= 11 is 2.19. The van der Waals surface area contributed by atoms with E-state index in [0.717, 1.165) is 9.39 Å². The number of hydrogen-bond donors (Lipinski definition) is 1. The number of aromatic nitrogens is 2. The molecule has 0 bridgehead atoms. The highest BCUT2D eigenvalue weighted by molar-refractivity contribution is 14.1. The van der Waals surface area contributed by atoms with Crippen molar-refractivity contribution in [3.63, 3.8) is 0 Å². The molecule has 1 aromatic heterocycles. The van der Waals surface area contributed by atoms with Crippen molar-refractivity contribution in [2.24, 2.45) is 5.92 Å². The summed E-state index contributed by atoms with van der Waals surface area (Å²) in [4.78, 5) is 0. The van der Waals surface area contributed by atoms with Crippen molar-refractivity contribution in [3.05, 3.63) is 9.77 Å². The molecule has 68 valence electrons. The van der Waals surface area contributed by atoms with Crippen LogP contribution in [-0.4, -0.2) is 9.78 Å². The minimum Gasteiger partial charge on any atom is -0.383 e. The third-order valence-electron chi connectivity index (χ3n) is 2.14. The van der Waals surface area contributed by atoms with Crippen molar-refractivity contribution in [2.75, 3.05) is 5.73 Å². The van der Waals surface area contributed by atoms with E-state index in [1.165, 1.54) is 0 Å². The van der Waals surface area contributed by atoms with Gasteiger partial charge in [0.05, 0.1) is 15.8 Å². The first-order chi connectivity index (χ1) is 5.54. The molecule has 0 amide bonds. The monoisotopic (exact) mass is 279 g/mol. The van der Waals surface area contributed by atoms with Gasteiger partial charge in [-0.25, -0.2) is 4.68 Å². The Labute approximate surface area is 86.5 Å². The highest BCUT2D eigenvalue weighted by Crippen LogP contribution is 2.22. The van der Waals surface area contributed by atoms with Crippen molar-refractivity contribution >= 4 is 28.4 Å². The van der Waals surface area contributed by atoms with Crippen LogP contribution in [0.2, 0.25) is 0 Å². The normalized spacial score (nSPS) is 13.8. The van der Waals surface area contributed by atoms with Gasteiger partial charge in [0.25, 0.3) is 0 Å². The predicted molar refractivity (Wildman–Crippen MR) is 58.9 cm³/mol. The number of halogens is 1. The lowest BCUT2D eigenvalue weighted by atomic mass is 10.1. The summed E-state index contributed by atoms with van der Waals surface area (Å²) in [5.41, 5.74) is 5.83. The van der Waals surface area contributed by atoms with Crippen LogP contribution in [0.5, 0.6) is 0 Å². The lowest BCUT2D eigenvalue weighted by Crippen LogP contribution is -2.15. The second-order valence-electron chi connectivity index (χ2n) is 3.31. The number of anilines is 1. The molecule has 4 heteroatoms. The SMILES string of the molecule is CC(C)C(C)n1ncc(I)c1N. The molecule has 12 heavy (non-hydrogen) atoms. The molecule has 0 aliphatic rings. The van der Waals surface area contributed by atoms with Gasteiger partial charge in [-0.3, -0.25) is 0 Å². The van der Waals surface area contributed by atoms with Crippen LogP contribution in [0.25, 0.3) is 0 Å². The fraction of sp³-hybridized carbons (Fsp3) is 0.625. The Morgan fingerprint density at radius 2 is 2.08 bits per heavy atom. The van der Waals surface area contributed by atoms with Crippen LogP contribution < -0.4 is 5.73 Å². The van der Waals surface area contributed by atoms with Gasteiger partial charge in [0.1, 0.15) is 5.82 Å². The Morgan fingerprint density at radius 3 is 2.42 bits per heavy atom. The van der Waals surface area contributed by atoms with Crippen LogP contribution in [0, 0.1) is 9.49 Å². The van der Waals surface area contributed by atoms with Crippen LogP contribution in [0.1, 0.15) is 26.8 Å². The third kappa shape index (κ3) is 1.73. The maximum Gasteiger partial charge on any atom is 0.135 e. The molecule has 2 N–H and O–H groups in total. The molecule has 1 atom stereocenters. The van der Waals surface area contributed by atoms with Gasteiger partial charge in [-0.2, -0.15) is 5.10 Å². The number of nitrogens with zero attached hydrogens (tertiary/aromatic N) is 2. The van der Waals surface area contributed by atoms with Gasteiger partial charge in [0.2, 0.25) is 0 Å². The molecule has 1 unspecified atom stereocenters. The molecule has 0 saturated heterocycles. The first-order valence-electron chi connectivity index (χ1n) is 4.02. The summed E-state index contributed by atoms with van der Waals surface area (Å²) in [6, 6.07) is 0.369. The average molecular weight is 279 g/mol. The first kappa shape index (κ1) is 9.83. The van der Waals surface area contributed by atoms with Crippen molar-refractivity contribution < 1.29 is 0 Å². The molecule has 0 aromatic carbocycles. The maximum atomic E-state index is 5.83. The van der Waals surface area contributed by atoms with Gasteiger partial charge in [-0.15, -0.1) is 0 Å². The van der Waals surface area contributed by atoms with E-state index in [-0.39, 0.29) is 0 Å². The second-order valence-corrected chi connectivity index (χ2v) is 4.47. The minimum absolute atomic E-state index is 0.369. The van der Waals surface area contributed by atoms with Crippen LogP contribution in [0.4, 0.5) is 5.82 Å². The molecular weight excluding hydrogens is 265 g/mol. The Hall–Kier alpha value is -0.260. The molecule has 0 saturated carbocycles. The number of hydrogen-bond acceptors (Lipinski definition) is 2. The van der Waals surface area contributed by atoms with Gasteiger partial charge < -0.3 is 5.73 Å². The predicted octanol–water partition coefficient (Wildman–Crippen LogP) is 2.29. The standard InChI is InChI=1S/C8H14IN3/c1-5(2)6(3)12-8(10)7(9)4-11-12/h4-6H,10H2,1-3H3. The lowest BCUT2D eigenvalue weighted by Gasteiger charge is -2.17. The number of rotatable bonds is 2. The summed E-state index contributed by atoms with van der Waals surface area (Å²) in [7, 11) is 0.